The molecule has 0 aliphatic heterocycles. The molecule has 0 amide bonds. The van der Waals surface area contributed by atoms with Gasteiger partial charge in [-0.1, -0.05) is 18.2 Å². The summed E-state index contributed by atoms with van der Waals surface area (Å²) < 4.78 is 12.1. The van der Waals surface area contributed by atoms with Crippen molar-refractivity contribution in [3.05, 3.63) is 58.6 Å². The van der Waals surface area contributed by atoms with Crippen molar-refractivity contribution in [1.29, 1.82) is 0 Å². The Balaban J connectivity index is 1.77. The lowest BCUT2D eigenvalue weighted by Gasteiger charge is -2.17. The van der Waals surface area contributed by atoms with Gasteiger partial charge in [0.05, 0.1) is 12.6 Å². The van der Waals surface area contributed by atoms with Gasteiger partial charge in [-0.15, -0.1) is 0 Å². The number of hydrogen-bond donors (Lipinski definition) is 1. The molecule has 0 aliphatic carbocycles. The lowest BCUT2D eigenvalue weighted by molar-refractivity contribution is 0.409. The summed E-state index contributed by atoms with van der Waals surface area (Å²) >= 11 is 0. The summed E-state index contributed by atoms with van der Waals surface area (Å²) in [5, 5.41) is 3.44. The van der Waals surface area contributed by atoms with Crippen molar-refractivity contribution >= 4 is 16.8 Å². The summed E-state index contributed by atoms with van der Waals surface area (Å²) in [6.45, 7) is 2.11. The summed E-state index contributed by atoms with van der Waals surface area (Å²) in [6.07, 6.45) is 0.834. The van der Waals surface area contributed by atoms with Crippen molar-refractivity contribution in [3.63, 3.8) is 0 Å². The lowest BCUT2D eigenvalue weighted by atomic mass is 10.1. The van der Waals surface area contributed by atoms with Crippen LogP contribution < -0.4 is 15.8 Å². The number of nitrogens with one attached hydrogen (secondary N) is 1. The van der Waals surface area contributed by atoms with Gasteiger partial charge in [-0.3, -0.25) is 4.57 Å². The molecule has 0 saturated heterocycles. The zero-order chi connectivity index (χ0) is 16.4. The Bertz CT molecular complexity index is 879. The van der Waals surface area contributed by atoms with E-state index < -0.39 is 0 Å². The fourth-order valence-corrected chi connectivity index (χ4v) is 2.76. The van der Waals surface area contributed by atoms with Crippen molar-refractivity contribution < 1.29 is 9.15 Å². The normalized spacial score (nSPS) is 12.3. The third-order valence-electron chi connectivity index (χ3n) is 3.92. The van der Waals surface area contributed by atoms with Crippen molar-refractivity contribution in [2.24, 2.45) is 7.05 Å². The van der Waals surface area contributed by atoms with Crippen LogP contribution in [-0.2, 0) is 13.5 Å². The van der Waals surface area contributed by atoms with E-state index in [1.54, 1.807) is 14.2 Å². The number of nitrogens with zero attached hydrogens (tertiary/aromatic N) is 1. The minimum Gasteiger partial charge on any atom is -0.496 e. The minimum atomic E-state index is -0.348. The first-order valence-electron chi connectivity index (χ1n) is 7.56. The highest BCUT2D eigenvalue weighted by Crippen LogP contribution is 2.22. The van der Waals surface area contributed by atoms with Gasteiger partial charge in [-0.05, 0) is 37.1 Å². The van der Waals surface area contributed by atoms with Gasteiger partial charge in [0, 0.05) is 24.8 Å². The second kappa shape index (κ2) is 6.20. The molecule has 1 heterocycles. The van der Waals surface area contributed by atoms with Crippen LogP contribution >= 0.6 is 0 Å². The number of fused-ring (bicyclic) bond motifs is 1. The Labute approximate surface area is 134 Å². The number of rotatable bonds is 5. The summed E-state index contributed by atoms with van der Waals surface area (Å²) in [4.78, 5) is 11.5. The molecule has 0 bridgehead atoms. The van der Waals surface area contributed by atoms with E-state index in [1.165, 1.54) is 4.57 Å². The molecule has 3 rings (SSSR count). The van der Waals surface area contributed by atoms with Crippen LogP contribution in [0.25, 0.3) is 11.1 Å². The summed E-state index contributed by atoms with van der Waals surface area (Å²) in [6, 6.07) is 13.9. The van der Waals surface area contributed by atoms with Crippen LogP contribution in [0.15, 0.2) is 51.7 Å². The van der Waals surface area contributed by atoms with Gasteiger partial charge in [-0.25, -0.2) is 4.79 Å². The summed E-state index contributed by atoms with van der Waals surface area (Å²) in [5.41, 5.74) is 3.46. The van der Waals surface area contributed by atoms with Crippen LogP contribution in [0.2, 0.25) is 0 Å². The summed E-state index contributed by atoms with van der Waals surface area (Å²) in [5.74, 6) is 0.546. The first-order chi connectivity index (χ1) is 11.1. The maximum atomic E-state index is 11.5. The van der Waals surface area contributed by atoms with Crippen molar-refractivity contribution in [3.8, 4) is 5.75 Å². The Hall–Kier alpha value is -2.69. The highest BCUT2D eigenvalue weighted by molar-refractivity contribution is 5.77. The number of aromatic nitrogens is 1. The average molecular weight is 312 g/mol. The van der Waals surface area contributed by atoms with Crippen LogP contribution in [0.1, 0.15) is 12.5 Å². The van der Waals surface area contributed by atoms with Crippen LogP contribution in [0.4, 0.5) is 5.69 Å². The topological polar surface area (TPSA) is 56.4 Å². The summed E-state index contributed by atoms with van der Waals surface area (Å²) in [7, 11) is 3.38. The number of hydrogen-bond acceptors (Lipinski definition) is 4. The maximum Gasteiger partial charge on any atom is 0.419 e. The monoisotopic (exact) mass is 312 g/mol. The Kier molecular flexibility index (Phi) is 4.10. The first kappa shape index (κ1) is 15.2. The molecule has 0 unspecified atom stereocenters. The average Bonchev–Trinajstić information content (AvgIpc) is 2.82. The molecule has 5 nitrogen and oxygen atoms in total. The zero-order valence-electron chi connectivity index (χ0n) is 13.5. The van der Waals surface area contributed by atoms with E-state index in [0.29, 0.717) is 5.58 Å². The smallest absolute Gasteiger partial charge is 0.419 e. The third kappa shape index (κ3) is 3.08. The minimum absolute atomic E-state index is 0.208. The molecule has 0 aliphatic rings. The molecule has 0 radical (unpaired) electrons. The molecule has 1 aromatic heterocycles. The second-order valence-corrected chi connectivity index (χ2v) is 5.67. The van der Waals surface area contributed by atoms with Gasteiger partial charge in [0.1, 0.15) is 5.75 Å². The number of ether oxygens (including phenoxy) is 1. The van der Waals surface area contributed by atoms with Gasteiger partial charge in [-0.2, -0.15) is 0 Å². The number of oxazole rings is 1. The predicted octanol–water partition coefficient (Wildman–Crippen LogP) is 3.18. The highest BCUT2D eigenvalue weighted by Gasteiger charge is 2.10. The molecular formula is C18H20N2O3. The van der Waals surface area contributed by atoms with E-state index in [0.717, 1.165) is 28.9 Å². The maximum absolute atomic E-state index is 11.5. The van der Waals surface area contributed by atoms with E-state index in [2.05, 4.69) is 18.3 Å². The number of benzene rings is 2. The quantitative estimate of drug-likeness (QED) is 0.786. The number of anilines is 1. The van der Waals surface area contributed by atoms with Gasteiger partial charge < -0.3 is 14.5 Å². The SMILES string of the molecule is COc1ccccc1C[C@H](C)Nc1ccc2c(c1)oc(=O)n2C. The predicted molar refractivity (Wildman–Crippen MR) is 91.2 cm³/mol. The molecule has 2 aromatic carbocycles. The number of aryl methyl sites for hydroxylation is 1. The highest BCUT2D eigenvalue weighted by atomic mass is 16.5. The van der Waals surface area contributed by atoms with Crippen LogP contribution in [-0.4, -0.2) is 17.7 Å². The van der Waals surface area contributed by atoms with Crippen LogP contribution in [0.3, 0.4) is 0 Å². The zero-order valence-corrected chi connectivity index (χ0v) is 13.5. The van der Waals surface area contributed by atoms with Crippen molar-refractivity contribution in [2.45, 2.75) is 19.4 Å². The fourth-order valence-electron chi connectivity index (χ4n) is 2.76. The Morgan fingerprint density at radius 3 is 2.83 bits per heavy atom. The third-order valence-corrected chi connectivity index (χ3v) is 3.92. The molecule has 120 valence electrons. The van der Waals surface area contributed by atoms with Crippen LogP contribution in [0.5, 0.6) is 5.75 Å². The lowest BCUT2D eigenvalue weighted by Crippen LogP contribution is -2.18. The number of para-hydroxylation sites is 1. The molecule has 0 saturated carbocycles. The van der Waals surface area contributed by atoms with E-state index in [-0.39, 0.29) is 11.8 Å². The van der Waals surface area contributed by atoms with Gasteiger partial charge in [0.2, 0.25) is 0 Å². The fraction of sp³-hybridized carbons (Fsp3) is 0.278. The largest absolute Gasteiger partial charge is 0.496 e. The van der Waals surface area contributed by atoms with Crippen molar-refractivity contribution in [2.75, 3.05) is 12.4 Å². The molecule has 0 spiro atoms. The van der Waals surface area contributed by atoms with Gasteiger partial charge in [0.25, 0.3) is 0 Å². The standard InChI is InChI=1S/C18H20N2O3/c1-12(10-13-6-4-5-7-16(13)22-3)19-14-8-9-15-17(11-14)23-18(21)20(15)2/h4-9,11-12,19H,10H2,1-3H3/t12-/m0/s1. The molecular weight excluding hydrogens is 292 g/mol. The molecule has 0 fully saturated rings. The Morgan fingerprint density at radius 1 is 1.26 bits per heavy atom. The molecule has 5 heteroatoms. The molecule has 1 atom stereocenters. The van der Waals surface area contributed by atoms with E-state index >= 15 is 0 Å². The Morgan fingerprint density at radius 2 is 2.04 bits per heavy atom. The van der Waals surface area contributed by atoms with Crippen LogP contribution in [0, 0.1) is 0 Å². The van der Waals surface area contributed by atoms with Gasteiger partial charge >= 0.3 is 5.76 Å². The van der Waals surface area contributed by atoms with Crippen molar-refractivity contribution in [1.82, 2.24) is 4.57 Å². The molecule has 3 aromatic rings. The van der Waals surface area contributed by atoms with Gasteiger partial charge in [0.15, 0.2) is 5.58 Å². The van der Waals surface area contributed by atoms with E-state index in [9.17, 15) is 4.79 Å². The number of methoxy groups -OCH3 is 1. The van der Waals surface area contributed by atoms with E-state index in [1.807, 2.05) is 36.4 Å². The first-order valence-corrected chi connectivity index (χ1v) is 7.56. The molecule has 23 heavy (non-hydrogen) atoms. The second-order valence-electron chi connectivity index (χ2n) is 5.67. The van der Waals surface area contributed by atoms with E-state index in [4.69, 9.17) is 9.15 Å². The molecule has 1 N–H and O–H groups in total.